The van der Waals surface area contributed by atoms with Crippen LogP contribution in [0.3, 0.4) is 0 Å². The lowest BCUT2D eigenvalue weighted by Crippen LogP contribution is -2.29. The minimum absolute atomic E-state index is 0.109. The Morgan fingerprint density at radius 1 is 1.21 bits per heavy atom. The molecule has 6 nitrogen and oxygen atoms in total. The van der Waals surface area contributed by atoms with Gasteiger partial charge in [0.2, 0.25) is 12.7 Å². The molecule has 0 aromatic heterocycles. The number of fused-ring (bicyclic) bond motifs is 1. The topological polar surface area (TPSA) is 68.8 Å². The zero-order valence-corrected chi connectivity index (χ0v) is 14.7. The maximum Gasteiger partial charge on any atom is 0.239 e. The predicted octanol–water partition coefficient (Wildman–Crippen LogP) is 2.91. The highest BCUT2D eigenvalue weighted by atomic mass is 79.9. The minimum Gasteiger partial charge on any atom is -0.497 e. The number of hydrogen-bond donors (Lipinski definition) is 2. The van der Waals surface area contributed by atoms with Crippen molar-refractivity contribution in [1.82, 2.24) is 5.32 Å². The fourth-order valence-corrected chi connectivity index (χ4v) is 2.64. The number of amides is 1. The Morgan fingerprint density at radius 2 is 2.04 bits per heavy atom. The quantitative estimate of drug-likeness (QED) is 0.790. The van der Waals surface area contributed by atoms with Crippen molar-refractivity contribution in [1.29, 1.82) is 0 Å². The Balaban J connectivity index is 1.51. The van der Waals surface area contributed by atoms with Crippen LogP contribution >= 0.6 is 15.9 Å². The average molecular weight is 393 g/mol. The third kappa shape index (κ3) is 3.91. The Labute approximate surface area is 148 Å². The molecule has 0 spiro atoms. The lowest BCUT2D eigenvalue weighted by atomic mass is 10.2. The van der Waals surface area contributed by atoms with E-state index in [0.29, 0.717) is 12.3 Å². The van der Waals surface area contributed by atoms with Gasteiger partial charge in [0.05, 0.1) is 19.3 Å². The maximum absolute atomic E-state index is 12.0. The molecule has 0 aliphatic carbocycles. The number of nitrogens with one attached hydrogen (secondary N) is 2. The zero-order chi connectivity index (χ0) is 16.9. The van der Waals surface area contributed by atoms with E-state index in [1.165, 1.54) is 0 Å². The molecule has 0 bridgehead atoms. The van der Waals surface area contributed by atoms with E-state index in [9.17, 15) is 4.79 Å². The number of benzene rings is 2. The van der Waals surface area contributed by atoms with Crippen molar-refractivity contribution in [3.63, 3.8) is 0 Å². The van der Waals surface area contributed by atoms with Crippen LogP contribution in [0, 0.1) is 0 Å². The molecule has 2 aromatic carbocycles. The minimum atomic E-state index is -0.109. The molecule has 2 aromatic rings. The van der Waals surface area contributed by atoms with E-state index in [1.807, 2.05) is 36.4 Å². The van der Waals surface area contributed by atoms with Crippen LogP contribution in [0.25, 0.3) is 0 Å². The smallest absolute Gasteiger partial charge is 0.239 e. The van der Waals surface area contributed by atoms with Crippen molar-refractivity contribution >= 4 is 27.5 Å². The van der Waals surface area contributed by atoms with Crippen molar-refractivity contribution in [3.8, 4) is 17.2 Å². The highest BCUT2D eigenvalue weighted by Gasteiger charge is 2.13. The number of carbonyl (C=O) groups is 1. The lowest BCUT2D eigenvalue weighted by molar-refractivity contribution is -0.119. The number of ether oxygens (including phenoxy) is 3. The molecule has 3 rings (SSSR count). The first-order valence-corrected chi connectivity index (χ1v) is 8.17. The molecule has 0 radical (unpaired) electrons. The third-order valence-corrected chi connectivity index (χ3v) is 4.23. The molecule has 24 heavy (non-hydrogen) atoms. The van der Waals surface area contributed by atoms with Crippen LogP contribution in [0.4, 0.5) is 5.69 Å². The molecule has 0 atom stereocenters. The third-order valence-electron chi connectivity index (χ3n) is 3.54. The lowest BCUT2D eigenvalue weighted by Gasteiger charge is -2.11. The van der Waals surface area contributed by atoms with Gasteiger partial charge in [-0.3, -0.25) is 4.79 Å². The monoisotopic (exact) mass is 392 g/mol. The van der Waals surface area contributed by atoms with E-state index in [4.69, 9.17) is 14.2 Å². The molecular weight excluding hydrogens is 376 g/mol. The van der Waals surface area contributed by atoms with Gasteiger partial charge in [-0.05, 0) is 45.8 Å². The summed E-state index contributed by atoms with van der Waals surface area (Å²) in [5, 5.41) is 5.95. The molecule has 0 fully saturated rings. The van der Waals surface area contributed by atoms with Crippen LogP contribution in [0.1, 0.15) is 5.56 Å². The molecule has 2 N–H and O–H groups in total. The van der Waals surface area contributed by atoms with Gasteiger partial charge in [-0.25, -0.2) is 0 Å². The fourth-order valence-electron chi connectivity index (χ4n) is 2.26. The molecule has 126 valence electrons. The molecule has 0 saturated heterocycles. The highest BCUT2D eigenvalue weighted by molar-refractivity contribution is 9.10. The van der Waals surface area contributed by atoms with E-state index in [1.54, 1.807) is 7.11 Å². The standard InChI is InChI=1S/C17H17BrN2O4/c1-22-12-3-4-13(18)14(7-12)19-9-17(21)20-8-11-2-5-15-16(6-11)24-10-23-15/h2-7,19H,8-10H2,1H3,(H,20,21). The van der Waals surface area contributed by atoms with Crippen molar-refractivity contribution in [2.24, 2.45) is 0 Å². The highest BCUT2D eigenvalue weighted by Crippen LogP contribution is 2.32. The molecule has 1 aliphatic heterocycles. The largest absolute Gasteiger partial charge is 0.497 e. The summed E-state index contributed by atoms with van der Waals surface area (Å²) >= 11 is 3.44. The van der Waals surface area contributed by atoms with Gasteiger partial charge >= 0.3 is 0 Å². The maximum atomic E-state index is 12.0. The molecule has 1 amide bonds. The van der Waals surface area contributed by atoms with Gasteiger partial charge in [-0.2, -0.15) is 0 Å². The van der Waals surface area contributed by atoms with E-state index >= 15 is 0 Å². The second-order valence-corrected chi connectivity index (χ2v) is 6.02. The van der Waals surface area contributed by atoms with Gasteiger partial charge in [0.15, 0.2) is 11.5 Å². The molecule has 7 heteroatoms. The van der Waals surface area contributed by atoms with Gasteiger partial charge in [-0.15, -0.1) is 0 Å². The molecular formula is C17H17BrN2O4. The second-order valence-electron chi connectivity index (χ2n) is 5.16. The summed E-state index contributed by atoms with van der Waals surface area (Å²) in [7, 11) is 1.60. The van der Waals surface area contributed by atoms with Crippen LogP contribution in [-0.4, -0.2) is 26.4 Å². The summed E-state index contributed by atoms with van der Waals surface area (Å²) in [4.78, 5) is 12.0. The van der Waals surface area contributed by atoms with Crippen LogP contribution in [0.5, 0.6) is 17.2 Å². The first-order chi connectivity index (χ1) is 11.7. The van der Waals surface area contributed by atoms with Crippen molar-refractivity contribution in [2.45, 2.75) is 6.54 Å². The van der Waals surface area contributed by atoms with Gasteiger partial charge < -0.3 is 24.8 Å². The van der Waals surface area contributed by atoms with Crippen molar-refractivity contribution < 1.29 is 19.0 Å². The van der Waals surface area contributed by atoms with Crippen LogP contribution < -0.4 is 24.8 Å². The van der Waals surface area contributed by atoms with E-state index in [-0.39, 0.29) is 19.2 Å². The predicted molar refractivity (Wildman–Crippen MR) is 93.6 cm³/mol. The molecule has 0 unspecified atom stereocenters. The number of halogens is 1. The van der Waals surface area contributed by atoms with E-state index < -0.39 is 0 Å². The average Bonchev–Trinajstić information content (AvgIpc) is 3.07. The Bertz CT molecular complexity index is 751. The number of rotatable bonds is 6. The number of methoxy groups -OCH3 is 1. The summed E-state index contributed by atoms with van der Waals surface area (Å²) in [5.41, 5.74) is 1.75. The van der Waals surface area contributed by atoms with Crippen LogP contribution in [0.2, 0.25) is 0 Å². The Kier molecular flexibility index (Phi) is 5.10. The second kappa shape index (κ2) is 7.44. The molecule has 1 aliphatic rings. The molecule has 1 heterocycles. The van der Waals surface area contributed by atoms with E-state index in [0.717, 1.165) is 27.2 Å². The van der Waals surface area contributed by atoms with Crippen LogP contribution in [0.15, 0.2) is 40.9 Å². The van der Waals surface area contributed by atoms with Gasteiger partial charge in [0, 0.05) is 17.1 Å². The zero-order valence-electron chi connectivity index (χ0n) is 13.1. The summed E-state index contributed by atoms with van der Waals surface area (Å²) < 4.78 is 16.6. The first kappa shape index (κ1) is 16.4. The summed E-state index contributed by atoms with van der Waals surface area (Å²) in [6.45, 7) is 0.831. The Morgan fingerprint density at radius 3 is 2.88 bits per heavy atom. The van der Waals surface area contributed by atoms with Crippen LogP contribution in [-0.2, 0) is 11.3 Å². The molecule has 0 saturated carbocycles. The van der Waals surface area contributed by atoms with Gasteiger partial charge in [0.25, 0.3) is 0 Å². The summed E-state index contributed by atoms with van der Waals surface area (Å²) in [5.74, 6) is 2.05. The number of anilines is 1. The number of carbonyl (C=O) groups excluding carboxylic acids is 1. The summed E-state index contributed by atoms with van der Waals surface area (Å²) in [6.07, 6.45) is 0. The van der Waals surface area contributed by atoms with Gasteiger partial charge in [0.1, 0.15) is 5.75 Å². The normalized spacial score (nSPS) is 11.9. The van der Waals surface area contributed by atoms with Crippen molar-refractivity contribution in [3.05, 3.63) is 46.4 Å². The summed E-state index contributed by atoms with van der Waals surface area (Å²) in [6, 6.07) is 11.2. The van der Waals surface area contributed by atoms with Crippen molar-refractivity contribution in [2.75, 3.05) is 25.8 Å². The first-order valence-electron chi connectivity index (χ1n) is 7.38. The SMILES string of the molecule is COc1ccc(Br)c(NCC(=O)NCc2ccc3c(c2)OCO3)c1. The van der Waals surface area contributed by atoms with Gasteiger partial charge in [-0.1, -0.05) is 6.07 Å². The Hall–Kier alpha value is -2.41. The van der Waals surface area contributed by atoms with E-state index in [2.05, 4.69) is 26.6 Å². The number of hydrogen-bond acceptors (Lipinski definition) is 5. The fraction of sp³-hybridized carbons (Fsp3) is 0.235.